The first-order valence-electron chi connectivity index (χ1n) is 11.0. The third-order valence-electron chi connectivity index (χ3n) is 6.90. The minimum Gasteiger partial charge on any atom is -0.396 e. The molecule has 4 heterocycles. The number of pyridine rings is 1. The lowest BCUT2D eigenvalue weighted by Gasteiger charge is -2.30. The number of aliphatic hydroxyl groups is 1. The fraction of sp³-hybridized carbons (Fsp3) is 0.522. The lowest BCUT2D eigenvalue weighted by molar-refractivity contribution is -0.128. The number of carbonyl (C=O) groups is 1. The molecule has 164 valence electrons. The van der Waals surface area contributed by atoms with E-state index in [-0.39, 0.29) is 36.0 Å². The van der Waals surface area contributed by atoms with Gasteiger partial charge in [-0.05, 0) is 37.8 Å². The fourth-order valence-electron chi connectivity index (χ4n) is 5.27. The lowest BCUT2D eigenvalue weighted by Crippen LogP contribution is -2.48. The summed E-state index contributed by atoms with van der Waals surface area (Å²) >= 11 is 1.56. The summed E-state index contributed by atoms with van der Waals surface area (Å²) in [5, 5.41) is 16.3. The molecule has 0 aromatic carbocycles. The van der Waals surface area contributed by atoms with Crippen LogP contribution in [-0.4, -0.2) is 44.7 Å². The number of rotatable bonds is 7. The average Bonchev–Trinajstić information content (AvgIpc) is 3.18. The first kappa shape index (κ1) is 20.6. The summed E-state index contributed by atoms with van der Waals surface area (Å²) in [7, 11) is 0. The maximum atomic E-state index is 13.3. The highest BCUT2D eigenvalue weighted by molar-refractivity contribution is 7.09. The van der Waals surface area contributed by atoms with Crippen molar-refractivity contribution in [1.82, 2.24) is 19.8 Å². The van der Waals surface area contributed by atoms with E-state index in [1.807, 2.05) is 41.2 Å². The SMILES string of the molecule is C/C=C/c1ccc2n(c1=O)C[C@H]1[C@H](CO)[C@@H](C(=O)NCC3CC3)N(Cc3nccs3)[C@@H]21. The highest BCUT2D eigenvalue weighted by atomic mass is 32.1. The van der Waals surface area contributed by atoms with E-state index in [0.29, 0.717) is 31.1 Å². The number of hydrogen-bond acceptors (Lipinski definition) is 6. The Morgan fingerprint density at radius 2 is 2.23 bits per heavy atom. The quantitative estimate of drug-likeness (QED) is 0.688. The van der Waals surface area contributed by atoms with E-state index in [0.717, 1.165) is 10.7 Å². The second-order valence-corrected chi connectivity index (χ2v) is 9.80. The summed E-state index contributed by atoms with van der Waals surface area (Å²) in [5.74, 6) is 0.356. The number of allylic oxidation sites excluding steroid dienone is 1. The summed E-state index contributed by atoms with van der Waals surface area (Å²) in [6.45, 7) is 3.57. The van der Waals surface area contributed by atoms with E-state index < -0.39 is 6.04 Å². The summed E-state index contributed by atoms with van der Waals surface area (Å²) < 4.78 is 1.83. The van der Waals surface area contributed by atoms with Gasteiger partial charge in [0.15, 0.2) is 0 Å². The van der Waals surface area contributed by atoms with Gasteiger partial charge in [0.25, 0.3) is 5.56 Å². The summed E-state index contributed by atoms with van der Waals surface area (Å²) in [4.78, 5) is 32.9. The zero-order chi connectivity index (χ0) is 21.5. The number of nitrogens with zero attached hydrogens (tertiary/aromatic N) is 3. The Kier molecular flexibility index (Phi) is 5.54. The molecule has 1 saturated heterocycles. The van der Waals surface area contributed by atoms with Crippen molar-refractivity contribution in [1.29, 1.82) is 0 Å². The molecule has 1 amide bonds. The van der Waals surface area contributed by atoms with Gasteiger partial charge in [0, 0.05) is 54.4 Å². The predicted octanol–water partition coefficient (Wildman–Crippen LogP) is 2.03. The van der Waals surface area contributed by atoms with Crippen molar-refractivity contribution in [3.05, 3.63) is 56.4 Å². The van der Waals surface area contributed by atoms with Gasteiger partial charge in [0.1, 0.15) is 5.01 Å². The van der Waals surface area contributed by atoms with Crippen molar-refractivity contribution in [2.24, 2.45) is 17.8 Å². The molecule has 31 heavy (non-hydrogen) atoms. The Balaban J connectivity index is 1.52. The number of aromatic nitrogens is 2. The van der Waals surface area contributed by atoms with Gasteiger partial charge in [-0.2, -0.15) is 0 Å². The van der Waals surface area contributed by atoms with E-state index in [4.69, 9.17) is 0 Å². The minimum atomic E-state index is -0.429. The topological polar surface area (TPSA) is 87.5 Å². The average molecular weight is 441 g/mol. The molecular weight excluding hydrogens is 412 g/mol. The van der Waals surface area contributed by atoms with Crippen LogP contribution in [-0.2, 0) is 17.9 Å². The van der Waals surface area contributed by atoms with E-state index in [9.17, 15) is 14.7 Å². The molecule has 2 aromatic rings. The second kappa shape index (κ2) is 8.33. The molecule has 8 heteroatoms. The van der Waals surface area contributed by atoms with Crippen molar-refractivity contribution in [3.8, 4) is 0 Å². The number of aliphatic hydroxyl groups excluding tert-OH is 1. The monoisotopic (exact) mass is 440 g/mol. The summed E-state index contributed by atoms with van der Waals surface area (Å²) in [6.07, 6.45) is 7.82. The molecule has 0 bridgehead atoms. The predicted molar refractivity (Wildman–Crippen MR) is 119 cm³/mol. The molecule has 0 radical (unpaired) electrons. The molecule has 2 aliphatic heterocycles. The number of amides is 1. The molecule has 0 spiro atoms. The molecular formula is C23H28N4O3S. The number of hydrogen-bond donors (Lipinski definition) is 2. The van der Waals surface area contributed by atoms with Crippen LogP contribution in [0, 0.1) is 17.8 Å². The second-order valence-electron chi connectivity index (χ2n) is 8.82. The van der Waals surface area contributed by atoms with Crippen LogP contribution >= 0.6 is 11.3 Å². The van der Waals surface area contributed by atoms with Gasteiger partial charge >= 0.3 is 0 Å². The maximum absolute atomic E-state index is 13.3. The Morgan fingerprint density at radius 3 is 2.90 bits per heavy atom. The van der Waals surface area contributed by atoms with Crippen LogP contribution in [0.4, 0.5) is 0 Å². The number of likely N-dealkylation sites (tertiary alicyclic amines) is 1. The zero-order valence-corrected chi connectivity index (χ0v) is 18.4. The van der Waals surface area contributed by atoms with Crippen LogP contribution in [0.5, 0.6) is 0 Å². The van der Waals surface area contributed by atoms with Gasteiger partial charge in [-0.15, -0.1) is 11.3 Å². The minimum absolute atomic E-state index is 0.00868. The fourth-order valence-corrected chi connectivity index (χ4v) is 5.89. The molecule has 2 fully saturated rings. The number of nitrogens with one attached hydrogen (secondary N) is 1. The highest BCUT2D eigenvalue weighted by Gasteiger charge is 2.55. The third-order valence-corrected chi connectivity index (χ3v) is 7.66. The normalized spacial score (nSPS) is 27.5. The zero-order valence-electron chi connectivity index (χ0n) is 17.6. The van der Waals surface area contributed by atoms with E-state index in [2.05, 4.69) is 15.2 Å². The first-order valence-corrected chi connectivity index (χ1v) is 11.9. The smallest absolute Gasteiger partial charge is 0.258 e. The van der Waals surface area contributed by atoms with Crippen LogP contribution in [0.3, 0.4) is 0 Å². The molecule has 7 nitrogen and oxygen atoms in total. The van der Waals surface area contributed by atoms with Crippen molar-refractivity contribution >= 4 is 23.3 Å². The third kappa shape index (κ3) is 3.66. The molecule has 2 N–H and O–H groups in total. The summed E-state index contributed by atoms with van der Waals surface area (Å²) in [6, 6.07) is 3.36. The summed E-state index contributed by atoms with van der Waals surface area (Å²) in [5.41, 5.74) is 1.58. The first-order chi connectivity index (χ1) is 15.1. The van der Waals surface area contributed by atoms with Crippen molar-refractivity contribution in [3.63, 3.8) is 0 Å². The Bertz CT molecular complexity index is 1040. The molecule has 5 rings (SSSR count). The van der Waals surface area contributed by atoms with Crippen LogP contribution in [0.2, 0.25) is 0 Å². The van der Waals surface area contributed by atoms with Gasteiger partial charge in [-0.1, -0.05) is 12.2 Å². The molecule has 1 saturated carbocycles. The number of carbonyl (C=O) groups excluding carboxylic acids is 1. The van der Waals surface area contributed by atoms with E-state index >= 15 is 0 Å². The molecule has 0 unspecified atom stereocenters. The number of thiazole rings is 1. The Labute approximate surface area is 185 Å². The standard InChI is InChI=1S/C23H28N4O3S/c1-2-3-15-6-7-18-20-16(11-26(18)23(15)30)17(13-28)21(22(29)25-10-14-4-5-14)27(20)12-19-24-8-9-31-19/h2-3,6-9,14,16-17,20-21,28H,4-5,10-13H2,1H3,(H,25,29)/b3-2+/t16-,17-,20+,21-/m0/s1. The number of fused-ring (bicyclic) bond motifs is 3. The van der Waals surface area contributed by atoms with Gasteiger partial charge in [0.2, 0.25) is 5.91 Å². The van der Waals surface area contributed by atoms with Crippen LogP contribution in [0.15, 0.2) is 34.6 Å². The van der Waals surface area contributed by atoms with Gasteiger partial charge < -0.3 is 15.0 Å². The van der Waals surface area contributed by atoms with Crippen molar-refractivity contribution in [2.45, 2.75) is 44.9 Å². The Morgan fingerprint density at radius 1 is 1.39 bits per heavy atom. The Hall–Kier alpha value is -2.29. The van der Waals surface area contributed by atoms with E-state index in [1.54, 1.807) is 17.5 Å². The van der Waals surface area contributed by atoms with Gasteiger partial charge in [-0.3, -0.25) is 14.5 Å². The maximum Gasteiger partial charge on any atom is 0.258 e. The molecule has 4 atom stereocenters. The molecule has 1 aliphatic carbocycles. The largest absolute Gasteiger partial charge is 0.396 e. The molecule has 3 aliphatic rings. The van der Waals surface area contributed by atoms with Gasteiger partial charge in [-0.25, -0.2) is 4.98 Å². The molecule has 2 aromatic heterocycles. The lowest BCUT2D eigenvalue weighted by atomic mass is 9.88. The highest BCUT2D eigenvalue weighted by Crippen LogP contribution is 2.49. The van der Waals surface area contributed by atoms with Crippen molar-refractivity contribution in [2.75, 3.05) is 13.2 Å². The van der Waals surface area contributed by atoms with Crippen LogP contribution in [0.1, 0.15) is 42.1 Å². The van der Waals surface area contributed by atoms with Crippen LogP contribution < -0.4 is 10.9 Å². The van der Waals surface area contributed by atoms with Crippen LogP contribution in [0.25, 0.3) is 6.08 Å². The van der Waals surface area contributed by atoms with E-state index in [1.165, 1.54) is 12.8 Å². The van der Waals surface area contributed by atoms with Gasteiger partial charge in [0.05, 0.1) is 18.6 Å². The van der Waals surface area contributed by atoms with Crippen molar-refractivity contribution < 1.29 is 9.90 Å².